The highest BCUT2D eigenvalue weighted by Gasteiger charge is 2.08. The lowest BCUT2D eigenvalue weighted by Crippen LogP contribution is -1.97. The highest BCUT2D eigenvalue weighted by Crippen LogP contribution is 2.18. The van der Waals surface area contributed by atoms with E-state index in [9.17, 15) is 4.79 Å². The van der Waals surface area contributed by atoms with E-state index in [4.69, 9.17) is 5.11 Å². The van der Waals surface area contributed by atoms with Crippen LogP contribution in [-0.4, -0.2) is 37.0 Å². The van der Waals surface area contributed by atoms with Crippen molar-refractivity contribution in [3.05, 3.63) is 10.9 Å². The average Bonchev–Trinajstić information content (AvgIpc) is 2.85. The molecule has 0 unspecified atom stereocenters. The van der Waals surface area contributed by atoms with Gasteiger partial charge in [0, 0.05) is 5.38 Å². The first-order chi connectivity index (χ1) is 7.25. The SMILES string of the molecule is O=C(O)CSc1n[nH]c(-c2cscn2)n1. The van der Waals surface area contributed by atoms with Crippen LogP contribution in [0.15, 0.2) is 16.0 Å². The monoisotopic (exact) mass is 242 g/mol. The normalized spacial score (nSPS) is 10.4. The number of thioether (sulfide) groups is 1. The smallest absolute Gasteiger partial charge is 0.313 e. The molecule has 15 heavy (non-hydrogen) atoms. The number of carboxylic acid groups (broad SMARTS) is 1. The van der Waals surface area contributed by atoms with Crippen LogP contribution in [0.2, 0.25) is 0 Å². The number of rotatable bonds is 4. The average molecular weight is 242 g/mol. The maximum atomic E-state index is 10.3. The lowest BCUT2D eigenvalue weighted by atomic mass is 10.5. The van der Waals surface area contributed by atoms with Gasteiger partial charge in [0.2, 0.25) is 5.16 Å². The van der Waals surface area contributed by atoms with Crippen molar-refractivity contribution < 1.29 is 9.90 Å². The maximum Gasteiger partial charge on any atom is 0.313 e. The van der Waals surface area contributed by atoms with Gasteiger partial charge in [-0.1, -0.05) is 11.8 Å². The third-order valence-corrected chi connectivity index (χ3v) is 2.88. The van der Waals surface area contributed by atoms with Crippen LogP contribution in [0.3, 0.4) is 0 Å². The molecule has 2 aromatic rings. The first-order valence-electron chi connectivity index (χ1n) is 3.91. The van der Waals surface area contributed by atoms with E-state index in [1.165, 1.54) is 11.3 Å². The molecule has 0 aliphatic carbocycles. The number of carbonyl (C=O) groups is 1. The number of aliphatic carboxylic acids is 1. The fourth-order valence-corrected chi connectivity index (χ4v) is 1.94. The zero-order valence-electron chi connectivity index (χ0n) is 7.38. The van der Waals surface area contributed by atoms with Crippen molar-refractivity contribution in [2.45, 2.75) is 5.16 Å². The van der Waals surface area contributed by atoms with E-state index in [1.54, 1.807) is 5.51 Å². The van der Waals surface area contributed by atoms with E-state index < -0.39 is 5.97 Å². The summed E-state index contributed by atoms with van der Waals surface area (Å²) in [6, 6.07) is 0. The van der Waals surface area contributed by atoms with Crippen LogP contribution in [0.25, 0.3) is 11.5 Å². The molecule has 0 atom stereocenters. The summed E-state index contributed by atoms with van der Waals surface area (Å²) in [4.78, 5) is 18.5. The molecule has 0 amide bonds. The summed E-state index contributed by atoms with van der Waals surface area (Å²) < 4.78 is 0. The molecule has 6 nitrogen and oxygen atoms in total. The third kappa shape index (κ3) is 2.54. The molecule has 2 N–H and O–H groups in total. The minimum Gasteiger partial charge on any atom is -0.481 e. The van der Waals surface area contributed by atoms with Crippen LogP contribution in [-0.2, 0) is 4.79 Å². The quantitative estimate of drug-likeness (QED) is 0.780. The highest BCUT2D eigenvalue weighted by molar-refractivity contribution is 7.99. The summed E-state index contributed by atoms with van der Waals surface area (Å²) in [5, 5.41) is 17.3. The summed E-state index contributed by atoms with van der Waals surface area (Å²) in [7, 11) is 0. The van der Waals surface area contributed by atoms with Gasteiger partial charge in [0.1, 0.15) is 5.69 Å². The minimum absolute atomic E-state index is 0.0473. The van der Waals surface area contributed by atoms with Crippen molar-refractivity contribution in [2.24, 2.45) is 0 Å². The number of aromatic amines is 1. The molecule has 0 bridgehead atoms. The Morgan fingerprint density at radius 1 is 1.67 bits per heavy atom. The predicted molar refractivity (Wildman–Crippen MR) is 55.9 cm³/mol. The van der Waals surface area contributed by atoms with Crippen LogP contribution in [0.1, 0.15) is 0 Å². The van der Waals surface area contributed by atoms with Gasteiger partial charge in [0.25, 0.3) is 0 Å². The van der Waals surface area contributed by atoms with Crippen LogP contribution in [0.4, 0.5) is 0 Å². The number of carboxylic acids is 1. The topological polar surface area (TPSA) is 91.8 Å². The van der Waals surface area contributed by atoms with E-state index in [0.717, 1.165) is 17.5 Å². The molecule has 8 heteroatoms. The zero-order valence-corrected chi connectivity index (χ0v) is 9.01. The zero-order chi connectivity index (χ0) is 10.7. The van der Waals surface area contributed by atoms with Gasteiger partial charge >= 0.3 is 5.97 Å². The van der Waals surface area contributed by atoms with Crippen molar-refractivity contribution in [2.75, 3.05) is 5.75 Å². The first-order valence-corrected chi connectivity index (χ1v) is 5.84. The second-order valence-corrected chi connectivity index (χ2v) is 4.18. The van der Waals surface area contributed by atoms with E-state index in [2.05, 4.69) is 20.2 Å². The second kappa shape index (κ2) is 4.41. The fraction of sp³-hybridized carbons (Fsp3) is 0.143. The second-order valence-electron chi connectivity index (χ2n) is 2.52. The molecule has 0 saturated carbocycles. The van der Waals surface area contributed by atoms with Gasteiger partial charge in [-0.25, -0.2) is 4.98 Å². The Labute approximate surface area is 92.8 Å². The molecule has 0 saturated heterocycles. The Kier molecular flexibility index (Phi) is 2.97. The van der Waals surface area contributed by atoms with Crippen molar-refractivity contribution in [3.63, 3.8) is 0 Å². The van der Waals surface area contributed by atoms with Crippen LogP contribution >= 0.6 is 23.1 Å². The summed E-state index contributed by atoms with van der Waals surface area (Å²) in [6.45, 7) is 0. The lowest BCUT2D eigenvalue weighted by molar-refractivity contribution is -0.133. The number of hydrogen-bond donors (Lipinski definition) is 2. The van der Waals surface area contributed by atoms with E-state index in [0.29, 0.717) is 11.0 Å². The summed E-state index contributed by atoms with van der Waals surface area (Å²) in [5.41, 5.74) is 2.41. The number of aromatic nitrogens is 4. The van der Waals surface area contributed by atoms with Gasteiger partial charge < -0.3 is 5.11 Å². The molecule has 0 aliphatic rings. The molecular formula is C7H6N4O2S2. The Morgan fingerprint density at radius 2 is 2.53 bits per heavy atom. The van der Waals surface area contributed by atoms with Gasteiger partial charge in [-0.05, 0) is 0 Å². The number of nitrogens with one attached hydrogen (secondary N) is 1. The van der Waals surface area contributed by atoms with E-state index in [1.807, 2.05) is 5.38 Å². The number of H-pyrrole nitrogens is 1. The molecule has 78 valence electrons. The highest BCUT2D eigenvalue weighted by atomic mass is 32.2. The molecule has 0 aliphatic heterocycles. The number of nitrogens with zero attached hydrogens (tertiary/aromatic N) is 3. The fourth-order valence-electron chi connectivity index (χ4n) is 0.881. The standard InChI is InChI=1S/C7H6N4O2S2/c12-5(13)2-15-7-9-6(10-11-7)4-1-14-3-8-4/h1,3H,2H2,(H,12,13)(H,9,10,11). The van der Waals surface area contributed by atoms with Crippen molar-refractivity contribution >= 4 is 29.1 Å². The first kappa shape index (κ1) is 10.1. The van der Waals surface area contributed by atoms with Gasteiger partial charge in [-0.3, -0.25) is 9.89 Å². The summed E-state index contributed by atoms with van der Waals surface area (Å²) in [6.07, 6.45) is 0. The molecule has 2 heterocycles. The molecule has 0 fully saturated rings. The predicted octanol–water partition coefficient (Wildman–Crippen LogP) is 1.10. The molecule has 0 spiro atoms. The summed E-state index contributed by atoms with van der Waals surface area (Å²) >= 11 is 2.53. The van der Waals surface area contributed by atoms with Crippen molar-refractivity contribution in [1.82, 2.24) is 20.2 Å². The van der Waals surface area contributed by atoms with Crippen LogP contribution < -0.4 is 0 Å². The van der Waals surface area contributed by atoms with Crippen LogP contribution in [0, 0.1) is 0 Å². The van der Waals surface area contributed by atoms with E-state index >= 15 is 0 Å². The summed E-state index contributed by atoms with van der Waals surface area (Å²) in [5.74, 6) is -0.377. The van der Waals surface area contributed by atoms with Gasteiger partial charge in [-0.15, -0.1) is 16.4 Å². The van der Waals surface area contributed by atoms with Gasteiger partial charge in [-0.2, -0.15) is 4.98 Å². The molecule has 2 rings (SSSR count). The number of hydrogen-bond acceptors (Lipinski definition) is 6. The van der Waals surface area contributed by atoms with E-state index in [-0.39, 0.29) is 5.75 Å². The Balaban J connectivity index is 2.08. The molecule has 2 aromatic heterocycles. The Morgan fingerprint density at radius 3 is 3.20 bits per heavy atom. The molecule has 0 radical (unpaired) electrons. The maximum absolute atomic E-state index is 10.3. The largest absolute Gasteiger partial charge is 0.481 e. The van der Waals surface area contributed by atoms with Crippen molar-refractivity contribution in [1.29, 1.82) is 0 Å². The lowest BCUT2D eigenvalue weighted by Gasteiger charge is -1.88. The molecular weight excluding hydrogens is 236 g/mol. The Hall–Kier alpha value is -1.41. The van der Waals surface area contributed by atoms with Crippen LogP contribution in [0.5, 0.6) is 0 Å². The minimum atomic E-state index is -0.889. The van der Waals surface area contributed by atoms with Gasteiger partial charge in [0.05, 0.1) is 11.3 Å². The molecule has 0 aromatic carbocycles. The Bertz CT molecular complexity index is 453. The number of thiazole rings is 1. The van der Waals surface area contributed by atoms with Gasteiger partial charge in [0.15, 0.2) is 5.82 Å². The third-order valence-electron chi connectivity index (χ3n) is 1.46. The van der Waals surface area contributed by atoms with Crippen molar-refractivity contribution in [3.8, 4) is 11.5 Å².